The van der Waals surface area contributed by atoms with Gasteiger partial charge in [0.05, 0.1) is 16.1 Å². The molecule has 4 rings (SSSR count). The van der Waals surface area contributed by atoms with E-state index in [4.69, 9.17) is 16.6 Å². The molecule has 0 spiro atoms. The van der Waals surface area contributed by atoms with E-state index in [0.29, 0.717) is 16.5 Å². The minimum Gasteiger partial charge on any atom is -0.304 e. The van der Waals surface area contributed by atoms with Crippen LogP contribution in [0.2, 0.25) is 5.02 Å². The summed E-state index contributed by atoms with van der Waals surface area (Å²) in [7, 11) is 0. The Bertz CT molecular complexity index is 1060. The minimum atomic E-state index is -0.186. The fourth-order valence-corrected chi connectivity index (χ4v) is 4.66. The summed E-state index contributed by atoms with van der Waals surface area (Å²) >= 11 is 6.63. The van der Waals surface area contributed by atoms with Crippen LogP contribution in [0.4, 0.5) is 5.95 Å². The molecule has 0 aliphatic carbocycles. The average molecular weight is 440 g/mol. The van der Waals surface area contributed by atoms with Crippen molar-refractivity contribution in [3.8, 4) is 0 Å². The number of likely N-dealkylation sites (tertiary alicyclic amines) is 1. The van der Waals surface area contributed by atoms with Crippen molar-refractivity contribution in [3.63, 3.8) is 0 Å². The number of carbonyl (C=O) groups is 1. The molecule has 31 heavy (non-hydrogen) atoms. The number of hydrogen-bond acceptors (Lipinski definition) is 4. The molecule has 1 aliphatic heterocycles. The Kier molecular flexibility index (Phi) is 6.88. The van der Waals surface area contributed by atoms with E-state index in [1.54, 1.807) is 18.3 Å². The van der Waals surface area contributed by atoms with E-state index in [-0.39, 0.29) is 11.9 Å². The molecule has 1 saturated heterocycles. The van der Waals surface area contributed by atoms with Crippen molar-refractivity contribution in [2.45, 2.75) is 52.0 Å². The molecule has 2 aromatic heterocycles. The molecule has 1 unspecified atom stereocenters. The van der Waals surface area contributed by atoms with Crippen molar-refractivity contribution in [1.82, 2.24) is 19.4 Å². The topological polar surface area (TPSA) is 63.0 Å². The summed E-state index contributed by atoms with van der Waals surface area (Å²) < 4.78 is 2.16. The third kappa shape index (κ3) is 4.91. The Balaban J connectivity index is 1.71. The Morgan fingerprint density at radius 2 is 2.16 bits per heavy atom. The van der Waals surface area contributed by atoms with Crippen LogP contribution in [-0.2, 0) is 0 Å². The van der Waals surface area contributed by atoms with Gasteiger partial charge in [-0.25, -0.2) is 4.98 Å². The molecule has 1 fully saturated rings. The van der Waals surface area contributed by atoms with Crippen LogP contribution in [0.1, 0.15) is 61.1 Å². The van der Waals surface area contributed by atoms with Crippen molar-refractivity contribution in [3.05, 3.63) is 52.8 Å². The largest absolute Gasteiger partial charge is 0.304 e. The Hall–Kier alpha value is -2.44. The molecule has 6 nitrogen and oxygen atoms in total. The SMILES string of the molecule is CCCCN1CCCCC(n2c(NC(=O)c3ccnc(C)c3)nc3cccc(Cl)c32)C1. The number of nitrogens with zero attached hydrogens (tertiary/aromatic N) is 4. The highest BCUT2D eigenvalue weighted by molar-refractivity contribution is 6.35. The van der Waals surface area contributed by atoms with Gasteiger partial charge in [-0.2, -0.15) is 0 Å². The smallest absolute Gasteiger partial charge is 0.258 e. The third-order valence-corrected chi connectivity index (χ3v) is 6.27. The molecule has 1 aliphatic rings. The van der Waals surface area contributed by atoms with Gasteiger partial charge in [-0.15, -0.1) is 0 Å². The first kappa shape index (κ1) is 21.8. The van der Waals surface area contributed by atoms with E-state index in [2.05, 4.69) is 26.7 Å². The van der Waals surface area contributed by atoms with E-state index >= 15 is 0 Å². The molecule has 1 aromatic carbocycles. The predicted molar refractivity (Wildman–Crippen MR) is 126 cm³/mol. The molecular weight excluding hydrogens is 410 g/mol. The lowest BCUT2D eigenvalue weighted by molar-refractivity contribution is 0.102. The first-order valence-corrected chi connectivity index (χ1v) is 11.6. The number of rotatable bonds is 6. The summed E-state index contributed by atoms with van der Waals surface area (Å²) in [5.74, 6) is 0.375. The van der Waals surface area contributed by atoms with Crippen LogP contribution in [0.5, 0.6) is 0 Å². The molecular formula is C24H30ClN5O. The first-order chi connectivity index (χ1) is 15.1. The van der Waals surface area contributed by atoms with E-state index in [9.17, 15) is 4.79 Å². The van der Waals surface area contributed by atoms with Crippen LogP contribution in [0, 0.1) is 6.92 Å². The molecule has 0 saturated carbocycles. The molecule has 0 radical (unpaired) electrons. The van der Waals surface area contributed by atoms with E-state index < -0.39 is 0 Å². The number of amides is 1. The average Bonchev–Trinajstić information content (AvgIpc) is 2.96. The molecule has 1 amide bonds. The monoisotopic (exact) mass is 439 g/mol. The number of fused-ring (bicyclic) bond motifs is 1. The van der Waals surface area contributed by atoms with E-state index in [1.165, 1.54) is 19.3 Å². The number of hydrogen-bond donors (Lipinski definition) is 1. The normalized spacial score (nSPS) is 17.6. The molecule has 1 N–H and O–H groups in total. The van der Waals surface area contributed by atoms with Gasteiger partial charge in [-0.3, -0.25) is 15.1 Å². The fraction of sp³-hybridized carbons (Fsp3) is 0.458. The maximum Gasteiger partial charge on any atom is 0.258 e. The highest BCUT2D eigenvalue weighted by atomic mass is 35.5. The van der Waals surface area contributed by atoms with Crippen molar-refractivity contribution in [1.29, 1.82) is 0 Å². The summed E-state index contributed by atoms with van der Waals surface area (Å²) in [6, 6.07) is 9.47. The lowest BCUT2D eigenvalue weighted by atomic mass is 10.1. The summed E-state index contributed by atoms with van der Waals surface area (Å²) in [6.07, 6.45) is 7.42. The summed E-state index contributed by atoms with van der Waals surface area (Å²) in [6.45, 7) is 7.27. The number of aromatic nitrogens is 3. The van der Waals surface area contributed by atoms with Gasteiger partial charge in [-0.1, -0.05) is 37.4 Å². The zero-order valence-corrected chi connectivity index (χ0v) is 19.0. The van der Waals surface area contributed by atoms with Gasteiger partial charge in [-0.05, 0) is 63.5 Å². The van der Waals surface area contributed by atoms with Crippen molar-refractivity contribution < 1.29 is 4.79 Å². The second-order valence-electron chi connectivity index (χ2n) is 8.36. The van der Waals surface area contributed by atoms with Gasteiger partial charge in [0, 0.05) is 30.0 Å². The van der Waals surface area contributed by atoms with Crippen LogP contribution < -0.4 is 5.32 Å². The zero-order valence-electron chi connectivity index (χ0n) is 18.3. The summed E-state index contributed by atoms with van der Waals surface area (Å²) in [5.41, 5.74) is 3.08. The number of anilines is 1. The van der Waals surface area contributed by atoms with E-state index in [1.807, 2.05) is 25.1 Å². The van der Waals surface area contributed by atoms with Gasteiger partial charge < -0.3 is 9.47 Å². The summed E-state index contributed by atoms with van der Waals surface area (Å²) in [4.78, 5) is 24.5. The zero-order chi connectivity index (χ0) is 21.8. The van der Waals surface area contributed by atoms with Crippen LogP contribution in [0.15, 0.2) is 36.5 Å². The predicted octanol–water partition coefficient (Wildman–Crippen LogP) is 5.47. The van der Waals surface area contributed by atoms with Crippen LogP contribution in [0.25, 0.3) is 11.0 Å². The van der Waals surface area contributed by atoms with Crippen molar-refractivity contribution in [2.24, 2.45) is 0 Å². The maximum absolute atomic E-state index is 13.0. The number of unbranched alkanes of at least 4 members (excludes halogenated alkanes) is 1. The van der Waals surface area contributed by atoms with Crippen LogP contribution in [-0.4, -0.2) is 45.0 Å². The molecule has 3 heterocycles. The number of imidazole rings is 1. The lowest BCUT2D eigenvalue weighted by Crippen LogP contribution is -2.31. The van der Waals surface area contributed by atoms with Crippen molar-refractivity contribution in [2.75, 3.05) is 25.0 Å². The third-order valence-electron chi connectivity index (χ3n) is 5.97. The molecule has 3 aromatic rings. The first-order valence-electron chi connectivity index (χ1n) is 11.2. The van der Waals surface area contributed by atoms with Gasteiger partial charge >= 0.3 is 0 Å². The standard InChI is InChI=1S/C24H30ClN5O/c1-3-4-13-29-14-6-5-8-19(16-29)30-22-20(25)9-7-10-21(22)27-24(30)28-23(31)18-11-12-26-17(2)15-18/h7,9-12,15,19H,3-6,8,13-14,16H2,1-2H3,(H,27,28,31). The van der Waals surface area contributed by atoms with Crippen LogP contribution in [0.3, 0.4) is 0 Å². The second kappa shape index (κ2) is 9.79. The number of nitrogens with one attached hydrogen (secondary N) is 1. The number of pyridine rings is 1. The number of benzene rings is 1. The maximum atomic E-state index is 13.0. The Morgan fingerprint density at radius 3 is 2.97 bits per heavy atom. The number of carbonyl (C=O) groups excluding carboxylic acids is 1. The second-order valence-corrected chi connectivity index (χ2v) is 8.76. The number of aryl methyl sites for hydroxylation is 1. The molecule has 0 bridgehead atoms. The van der Waals surface area contributed by atoms with Crippen molar-refractivity contribution >= 4 is 34.5 Å². The van der Waals surface area contributed by atoms with Gasteiger partial charge in [0.25, 0.3) is 5.91 Å². The minimum absolute atomic E-state index is 0.186. The quantitative estimate of drug-likeness (QED) is 0.553. The lowest BCUT2D eigenvalue weighted by Gasteiger charge is -2.26. The van der Waals surface area contributed by atoms with Crippen LogP contribution >= 0.6 is 11.6 Å². The molecule has 7 heteroatoms. The number of para-hydroxylation sites is 1. The molecule has 1 atom stereocenters. The fourth-order valence-electron chi connectivity index (χ4n) is 4.40. The Labute approximate surface area is 188 Å². The summed E-state index contributed by atoms with van der Waals surface area (Å²) in [5, 5.41) is 3.72. The highest BCUT2D eigenvalue weighted by Gasteiger charge is 2.26. The van der Waals surface area contributed by atoms with Gasteiger partial charge in [0.1, 0.15) is 0 Å². The molecule has 164 valence electrons. The highest BCUT2D eigenvalue weighted by Crippen LogP contribution is 2.34. The van der Waals surface area contributed by atoms with E-state index in [0.717, 1.165) is 49.2 Å². The number of halogens is 1. The van der Waals surface area contributed by atoms with Gasteiger partial charge in [0.15, 0.2) is 0 Å². The Morgan fingerprint density at radius 1 is 1.29 bits per heavy atom. The van der Waals surface area contributed by atoms with Gasteiger partial charge in [0.2, 0.25) is 5.95 Å².